The van der Waals surface area contributed by atoms with Gasteiger partial charge in [0.25, 0.3) is 5.92 Å². The molecule has 1 atom stereocenters. The van der Waals surface area contributed by atoms with Crippen molar-refractivity contribution in [2.75, 3.05) is 34.5 Å². The number of alkyl halides is 2. The Bertz CT molecular complexity index is 1720. The van der Waals surface area contributed by atoms with Crippen LogP contribution in [0.15, 0.2) is 91.8 Å². The molecule has 306 valence electrons. The average Bonchev–Trinajstić information content (AvgIpc) is 3.27. The highest BCUT2D eigenvalue weighted by Gasteiger charge is 2.34. The fourth-order valence-electron chi connectivity index (χ4n) is 6.87. The van der Waals surface area contributed by atoms with Crippen LogP contribution in [0.3, 0.4) is 0 Å². The van der Waals surface area contributed by atoms with Crippen LogP contribution in [-0.2, 0) is 0 Å². The Morgan fingerprint density at radius 2 is 1.05 bits per heavy atom. The van der Waals surface area contributed by atoms with E-state index in [9.17, 15) is 13.9 Å². The van der Waals surface area contributed by atoms with Gasteiger partial charge in [-0.15, -0.1) is 23.5 Å². The molecule has 2 aromatic carbocycles. The van der Waals surface area contributed by atoms with Gasteiger partial charge in [0.15, 0.2) is 0 Å². The van der Waals surface area contributed by atoms with E-state index >= 15 is 0 Å². The lowest BCUT2D eigenvalue weighted by Gasteiger charge is -2.28. The summed E-state index contributed by atoms with van der Waals surface area (Å²) in [6.07, 6.45) is 2.16. The third-order valence-corrected chi connectivity index (χ3v) is 17.9. The predicted molar refractivity (Wildman–Crippen MR) is 248 cm³/mol. The quantitative estimate of drug-likeness (QED) is 0.266. The molecule has 0 bridgehead atoms. The molecule has 4 heterocycles. The SMILES string of the molecule is C/C1=C(\C)C(F)(F)CCSc2ccccc21.C/C1=C(\C)C(O)CSCCC1.CC1=C(C)C(C)(C)CSCC1(C)C.CC1=C(C)C(C)(C)CSc2ccccc21. The molecule has 7 heteroatoms. The Kier molecular flexibility index (Phi) is 17.9. The second-order valence-electron chi connectivity index (χ2n) is 17.6. The maximum atomic E-state index is 13.7. The highest BCUT2D eigenvalue weighted by molar-refractivity contribution is 8.00. The summed E-state index contributed by atoms with van der Waals surface area (Å²) in [4.78, 5) is 2.54. The van der Waals surface area contributed by atoms with Gasteiger partial charge in [0.1, 0.15) is 0 Å². The molecule has 1 nitrogen and oxygen atoms in total. The van der Waals surface area contributed by atoms with Gasteiger partial charge in [-0.3, -0.25) is 0 Å². The first-order chi connectivity index (χ1) is 25.5. The maximum absolute atomic E-state index is 13.7. The number of fused-ring (bicyclic) bond motifs is 2. The minimum absolute atomic E-state index is 0.0742. The number of aliphatic hydroxyl groups excluding tert-OH is 1. The molecule has 55 heavy (non-hydrogen) atoms. The van der Waals surface area contributed by atoms with Gasteiger partial charge in [0.2, 0.25) is 0 Å². The van der Waals surface area contributed by atoms with Gasteiger partial charge >= 0.3 is 0 Å². The number of benzene rings is 2. The Morgan fingerprint density at radius 1 is 0.582 bits per heavy atom. The first-order valence-corrected chi connectivity index (χ1v) is 24.2. The molecular weight excluding hydrogens is 759 g/mol. The maximum Gasteiger partial charge on any atom is 0.270 e. The van der Waals surface area contributed by atoms with E-state index in [1.54, 1.807) is 25.0 Å². The van der Waals surface area contributed by atoms with Crippen LogP contribution >= 0.6 is 47.0 Å². The molecule has 6 rings (SSSR count). The molecule has 0 fully saturated rings. The zero-order chi connectivity index (χ0) is 41.4. The lowest BCUT2D eigenvalue weighted by atomic mass is 9.76. The Balaban J connectivity index is 0.000000199. The number of hydrogen-bond donors (Lipinski definition) is 1. The van der Waals surface area contributed by atoms with Crippen molar-refractivity contribution in [3.8, 4) is 0 Å². The standard InChI is InChI=1S/C14H18S.C13H14F2S.C12H22S.C9H16OS/c1-10-11(2)14(3,4)9-15-13-8-6-5-7-12(10)13;1-9-10(2)13(14,15)7-8-16-12-6-4-3-5-11(9)12;1-9-10(2)12(5,6)8-13-7-11(9,3)4;1-7-4-3-5-11-6-9(10)8(7)2/h5-8H,9H2,1-4H3;3-6H,7-8H2,1-2H3;7-8H2,1-6H3;9-10H,3-6H2,1-2H3/b;10-9-;;8-7-. The molecular formula is C48H70F2OS4. The minimum Gasteiger partial charge on any atom is -0.388 e. The van der Waals surface area contributed by atoms with E-state index in [4.69, 9.17) is 0 Å². The highest BCUT2D eigenvalue weighted by Crippen LogP contribution is 2.45. The van der Waals surface area contributed by atoms with Crippen LogP contribution in [0.25, 0.3) is 11.1 Å². The molecule has 0 saturated heterocycles. The van der Waals surface area contributed by atoms with Gasteiger partial charge in [-0.1, -0.05) is 100 Å². The molecule has 0 saturated carbocycles. The van der Waals surface area contributed by atoms with Gasteiger partial charge in [-0.25, -0.2) is 8.78 Å². The molecule has 1 N–H and O–H groups in total. The van der Waals surface area contributed by atoms with Crippen LogP contribution < -0.4 is 0 Å². The van der Waals surface area contributed by atoms with Gasteiger partial charge in [0.05, 0.1) is 6.10 Å². The third kappa shape index (κ3) is 13.1. The Morgan fingerprint density at radius 3 is 1.60 bits per heavy atom. The molecule has 1 unspecified atom stereocenters. The van der Waals surface area contributed by atoms with E-state index in [1.165, 1.54) is 73.9 Å². The number of allylic oxidation sites excluding steroid dienone is 7. The van der Waals surface area contributed by atoms with Crippen LogP contribution in [0.5, 0.6) is 0 Å². The van der Waals surface area contributed by atoms with Crippen molar-refractivity contribution in [1.29, 1.82) is 0 Å². The van der Waals surface area contributed by atoms with Gasteiger partial charge < -0.3 is 5.11 Å². The monoisotopic (exact) mass is 828 g/mol. The number of hydrogen-bond acceptors (Lipinski definition) is 5. The Hall–Kier alpha value is -1.38. The first kappa shape index (κ1) is 48.0. The van der Waals surface area contributed by atoms with Crippen molar-refractivity contribution in [3.05, 3.63) is 93.1 Å². The minimum atomic E-state index is -2.66. The summed E-state index contributed by atoms with van der Waals surface area (Å²) in [6, 6.07) is 16.5. The van der Waals surface area contributed by atoms with Crippen molar-refractivity contribution in [2.24, 2.45) is 16.2 Å². The second-order valence-corrected chi connectivity index (χ2v) is 21.9. The van der Waals surface area contributed by atoms with Crippen molar-refractivity contribution >= 4 is 58.2 Å². The van der Waals surface area contributed by atoms with E-state index in [0.717, 1.165) is 22.6 Å². The summed E-state index contributed by atoms with van der Waals surface area (Å²) in [5.41, 5.74) is 13.2. The lowest BCUT2D eigenvalue weighted by Crippen LogP contribution is -2.21. The molecule has 0 aliphatic carbocycles. The van der Waals surface area contributed by atoms with Crippen LogP contribution in [0, 0.1) is 16.2 Å². The molecule has 0 amide bonds. The van der Waals surface area contributed by atoms with Crippen LogP contribution in [0.1, 0.15) is 127 Å². The van der Waals surface area contributed by atoms with E-state index in [0.29, 0.717) is 27.6 Å². The highest BCUT2D eigenvalue weighted by atomic mass is 32.2. The van der Waals surface area contributed by atoms with Crippen LogP contribution in [0.2, 0.25) is 0 Å². The fraction of sp³-hybridized carbons (Fsp3) is 0.583. The third-order valence-electron chi connectivity index (χ3n) is 12.3. The van der Waals surface area contributed by atoms with E-state index in [1.807, 2.05) is 54.7 Å². The zero-order valence-electron chi connectivity index (χ0n) is 36.4. The number of rotatable bonds is 0. The zero-order valence-corrected chi connectivity index (χ0v) is 39.7. The summed E-state index contributed by atoms with van der Waals surface area (Å²) >= 11 is 7.45. The predicted octanol–water partition coefficient (Wildman–Crippen LogP) is 15.6. The molecule has 4 aliphatic rings. The molecule has 0 radical (unpaired) electrons. The summed E-state index contributed by atoms with van der Waals surface area (Å²) in [5, 5.41) is 9.57. The van der Waals surface area contributed by atoms with E-state index in [-0.39, 0.29) is 18.1 Å². The lowest BCUT2D eigenvalue weighted by molar-refractivity contribution is 0.0395. The van der Waals surface area contributed by atoms with E-state index < -0.39 is 5.92 Å². The molecule has 4 aliphatic heterocycles. The van der Waals surface area contributed by atoms with Gasteiger partial charge in [0, 0.05) is 45.0 Å². The second kappa shape index (κ2) is 20.5. The van der Waals surface area contributed by atoms with Crippen LogP contribution in [-0.4, -0.2) is 51.7 Å². The van der Waals surface area contributed by atoms with E-state index in [2.05, 4.69) is 112 Å². The summed E-state index contributed by atoms with van der Waals surface area (Å²) in [5.74, 6) is 3.58. The first-order valence-electron chi connectivity index (χ1n) is 19.9. The fourth-order valence-corrected chi connectivity index (χ4v) is 11.8. The molecule has 2 aromatic rings. The smallest absolute Gasteiger partial charge is 0.270 e. The number of halogens is 2. The molecule has 0 spiro atoms. The summed E-state index contributed by atoms with van der Waals surface area (Å²) in [6.45, 7) is 30.8. The molecule has 0 aromatic heterocycles. The van der Waals surface area contributed by atoms with Crippen molar-refractivity contribution in [3.63, 3.8) is 0 Å². The Labute approximate surface area is 351 Å². The van der Waals surface area contributed by atoms with Crippen molar-refractivity contribution < 1.29 is 13.9 Å². The van der Waals surface area contributed by atoms with Gasteiger partial charge in [-0.2, -0.15) is 23.5 Å². The largest absolute Gasteiger partial charge is 0.388 e. The van der Waals surface area contributed by atoms with Crippen molar-refractivity contribution in [1.82, 2.24) is 0 Å². The normalized spacial score (nSPS) is 25.9. The van der Waals surface area contributed by atoms with Crippen LogP contribution in [0.4, 0.5) is 8.78 Å². The summed E-state index contributed by atoms with van der Waals surface area (Å²) in [7, 11) is 0. The number of thioether (sulfide) groups is 4. The number of aliphatic hydroxyl groups is 1. The van der Waals surface area contributed by atoms with Crippen molar-refractivity contribution in [2.45, 2.75) is 138 Å². The summed E-state index contributed by atoms with van der Waals surface area (Å²) < 4.78 is 27.4. The average molecular weight is 829 g/mol. The van der Waals surface area contributed by atoms with Gasteiger partial charge in [-0.05, 0) is 136 Å². The topological polar surface area (TPSA) is 20.2 Å².